The molecule has 0 aromatic rings. The van der Waals surface area contributed by atoms with E-state index in [1.807, 2.05) is 0 Å². The van der Waals surface area contributed by atoms with Crippen molar-refractivity contribution >= 4 is 5.84 Å². The lowest BCUT2D eigenvalue weighted by Crippen LogP contribution is -2.21. The van der Waals surface area contributed by atoms with Crippen LogP contribution in [-0.2, 0) is 0 Å². The Bertz CT molecular complexity index is 157. The van der Waals surface area contributed by atoms with Gasteiger partial charge in [-0.25, -0.2) is 0 Å². The summed E-state index contributed by atoms with van der Waals surface area (Å²) in [7, 11) is 0. The second kappa shape index (κ2) is 3.24. The van der Waals surface area contributed by atoms with Crippen LogP contribution in [0, 0.1) is 11.8 Å². The van der Waals surface area contributed by atoms with Crippen LogP contribution < -0.4 is 5.73 Å². The third kappa shape index (κ3) is 2.52. The van der Waals surface area contributed by atoms with Crippen LogP contribution in [0.5, 0.6) is 0 Å². The molecular weight excluding hydrogens is 136 g/mol. The minimum Gasteiger partial charge on any atom is -0.387 e. The summed E-state index contributed by atoms with van der Waals surface area (Å²) in [6.45, 7) is 6.32. The van der Waals surface area contributed by atoms with Gasteiger partial charge in [-0.1, -0.05) is 13.8 Å². The molecular formula is C9H18N2. The monoisotopic (exact) mass is 154 g/mol. The number of hydrogen-bond acceptors (Lipinski definition) is 1. The fourth-order valence-corrected chi connectivity index (χ4v) is 1.07. The molecule has 1 aliphatic carbocycles. The predicted molar refractivity (Wildman–Crippen MR) is 48.6 cm³/mol. The summed E-state index contributed by atoms with van der Waals surface area (Å²) in [4.78, 5) is 4.43. The zero-order chi connectivity index (χ0) is 8.43. The molecule has 1 atom stereocenters. The summed E-state index contributed by atoms with van der Waals surface area (Å²) in [5.74, 6) is 2.04. The van der Waals surface area contributed by atoms with E-state index in [2.05, 4.69) is 25.8 Å². The van der Waals surface area contributed by atoms with Gasteiger partial charge in [0.25, 0.3) is 0 Å². The van der Waals surface area contributed by atoms with Crippen molar-refractivity contribution < 1.29 is 0 Å². The van der Waals surface area contributed by atoms with E-state index in [0.717, 1.165) is 11.8 Å². The van der Waals surface area contributed by atoms with E-state index in [9.17, 15) is 0 Å². The molecule has 0 heterocycles. The quantitative estimate of drug-likeness (QED) is 0.488. The smallest absolute Gasteiger partial charge is 0.0966 e. The second-order valence-electron chi connectivity index (χ2n) is 3.79. The van der Waals surface area contributed by atoms with Gasteiger partial charge >= 0.3 is 0 Å². The van der Waals surface area contributed by atoms with Crippen molar-refractivity contribution in [1.29, 1.82) is 0 Å². The number of amidine groups is 1. The maximum Gasteiger partial charge on any atom is 0.0966 e. The highest BCUT2D eigenvalue weighted by Crippen LogP contribution is 2.34. The Morgan fingerprint density at radius 1 is 1.36 bits per heavy atom. The van der Waals surface area contributed by atoms with Gasteiger partial charge < -0.3 is 5.73 Å². The van der Waals surface area contributed by atoms with E-state index >= 15 is 0 Å². The van der Waals surface area contributed by atoms with Crippen molar-refractivity contribution in [3.05, 3.63) is 0 Å². The number of nitrogens with two attached hydrogens (primary N) is 1. The molecule has 1 fully saturated rings. The first-order chi connectivity index (χ1) is 5.11. The molecule has 0 aromatic heterocycles. The van der Waals surface area contributed by atoms with E-state index in [0.29, 0.717) is 12.0 Å². The lowest BCUT2D eigenvalue weighted by Gasteiger charge is -2.08. The van der Waals surface area contributed by atoms with Gasteiger partial charge in [0.15, 0.2) is 0 Å². The molecule has 0 amide bonds. The molecule has 1 aliphatic rings. The second-order valence-corrected chi connectivity index (χ2v) is 3.79. The Hall–Kier alpha value is -0.530. The number of rotatable bonds is 3. The lowest BCUT2D eigenvalue weighted by molar-refractivity contribution is 0.643. The predicted octanol–water partition coefficient (Wildman–Crippen LogP) is 1.80. The van der Waals surface area contributed by atoms with Gasteiger partial charge in [0.1, 0.15) is 0 Å². The van der Waals surface area contributed by atoms with Crippen LogP contribution in [0.15, 0.2) is 4.99 Å². The first-order valence-electron chi connectivity index (χ1n) is 4.44. The molecule has 64 valence electrons. The molecule has 0 saturated heterocycles. The molecule has 0 spiro atoms. The van der Waals surface area contributed by atoms with Gasteiger partial charge in [-0.05, 0) is 25.7 Å². The molecule has 2 nitrogen and oxygen atoms in total. The maximum absolute atomic E-state index is 5.73. The number of aliphatic imine (C=N–C) groups is 1. The highest BCUT2D eigenvalue weighted by atomic mass is 14.9. The summed E-state index contributed by atoms with van der Waals surface area (Å²) in [5, 5.41) is 0. The van der Waals surface area contributed by atoms with Gasteiger partial charge in [0.05, 0.1) is 11.9 Å². The van der Waals surface area contributed by atoms with E-state index in [-0.39, 0.29) is 0 Å². The van der Waals surface area contributed by atoms with Crippen molar-refractivity contribution in [2.45, 2.75) is 39.7 Å². The summed E-state index contributed by atoms with van der Waals surface area (Å²) < 4.78 is 0. The molecule has 2 heteroatoms. The molecule has 1 rings (SSSR count). The highest BCUT2D eigenvalue weighted by Gasteiger charge is 2.27. The van der Waals surface area contributed by atoms with E-state index in [4.69, 9.17) is 5.73 Å². The van der Waals surface area contributed by atoms with Gasteiger partial charge in [-0.3, -0.25) is 4.99 Å². The fraction of sp³-hybridized carbons (Fsp3) is 0.889. The van der Waals surface area contributed by atoms with Crippen LogP contribution in [0.4, 0.5) is 0 Å². The molecule has 11 heavy (non-hydrogen) atoms. The molecule has 1 unspecified atom stereocenters. The van der Waals surface area contributed by atoms with Crippen LogP contribution in [-0.4, -0.2) is 11.9 Å². The third-order valence-electron chi connectivity index (χ3n) is 2.25. The van der Waals surface area contributed by atoms with Crippen molar-refractivity contribution in [1.82, 2.24) is 0 Å². The molecule has 0 aromatic carbocycles. The number of hydrogen-bond donors (Lipinski definition) is 1. The Morgan fingerprint density at radius 3 is 2.27 bits per heavy atom. The zero-order valence-corrected chi connectivity index (χ0v) is 7.67. The molecule has 0 bridgehead atoms. The van der Waals surface area contributed by atoms with Gasteiger partial charge in [-0.2, -0.15) is 0 Å². The zero-order valence-electron chi connectivity index (χ0n) is 7.67. The minimum absolute atomic E-state index is 0.399. The molecule has 0 aliphatic heterocycles. The van der Waals surface area contributed by atoms with Crippen LogP contribution >= 0.6 is 0 Å². The Morgan fingerprint density at radius 2 is 1.91 bits per heavy atom. The number of nitrogens with zero attached hydrogens (tertiary/aromatic N) is 1. The molecule has 2 N–H and O–H groups in total. The van der Waals surface area contributed by atoms with Crippen LogP contribution in [0.3, 0.4) is 0 Å². The van der Waals surface area contributed by atoms with Crippen LogP contribution in [0.25, 0.3) is 0 Å². The third-order valence-corrected chi connectivity index (χ3v) is 2.25. The van der Waals surface area contributed by atoms with Gasteiger partial charge in [-0.15, -0.1) is 0 Å². The standard InChI is InChI=1S/C9H18N2/c1-6(2)9(10)11-7(3)8-4-5-8/h6-8H,4-5H2,1-3H3,(H2,10,11). The Kier molecular flexibility index (Phi) is 2.53. The van der Waals surface area contributed by atoms with E-state index < -0.39 is 0 Å². The van der Waals surface area contributed by atoms with Crippen molar-refractivity contribution in [3.8, 4) is 0 Å². The summed E-state index contributed by atoms with van der Waals surface area (Å²) in [5.41, 5.74) is 5.73. The summed E-state index contributed by atoms with van der Waals surface area (Å²) in [6, 6.07) is 0.456. The van der Waals surface area contributed by atoms with Crippen LogP contribution in [0.1, 0.15) is 33.6 Å². The van der Waals surface area contributed by atoms with Crippen molar-refractivity contribution in [2.24, 2.45) is 22.6 Å². The average Bonchev–Trinajstić information content (AvgIpc) is 2.67. The Balaban J connectivity index is 2.41. The van der Waals surface area contributed by atoms with E-state index in [1.165, 1.54) is 12.8 Å². The van der Waals surface area contributed by atoms with Crippen molar-refractivity contribution in [3.63, 3.8) is 0 Å². The lowest BCUT2D eigenvalue weighted by atomic mass is 10.2. The normalized spacial score (nSPS) is 22.4. The largest absolute Gasteiger partial charge is 0.387 e. The summed E-state index contributed by atoms with van der Waals surface area (Å²) >= 11 is 0. The highest BCUT2D eigenvalue weighted by molar-refractivity contribution is 5.82. The van der Waals surface area contributed by atoms with E-state index in [1.54, 1.807) is 0 Å². The Labute approximate surface area is 68.9 Å². The summed E-state index contributed by atoms with van der Waals surface area (Å²) in [6.07, 6.45) is 2.69. The topological polar surface area (TPSA) is 38.4 Å². The average molecular weight is 154 g/mol. The van der Waals surface area contributed by atoms with Crippen molar-refractivity contribution in [2.75, 3.05) is 0 Å². The maximum atomic E-state index is 5.73. The molecule has 1 saturated carbocycles. The first kappa shape index (κ1) is 8.57. The van der Waals surface area contributed by atoms with Gasteiger partial charge in [0, 0.05) is 5.92 Å². The first-order valence-corrected chi connectivity index (χ1v) is 4.44. The van der Waals surface area contributed by atoms with Crippen LogP contribution in [0.2, 0.25) is 0 Å². The minimum atomic E-state index is 0.399. The fourth-order valence-electron chi connectivity index (χ4n) is 1.07. The van der Waals surface area contributed by atoms with Gasteiger partial charge in [0.2, 0.25) is 0 Å². The molecule has 0 radical (unpaired) electrons. The SMILES string of the molecule is CC(C)C(N)=NC(C)C1CC1.